The van der Waals surface area contributed by atoms with Crippen molar-refractivity contribution < 1.29 is 9.15 Å². The fraction of sp³-hybridized carbons (Fsp3) is 0.562. The van der Waals surface area contributed by atoms with Gasteiger partial charge in [0.05, 0.1) is 18.8 Å². The van der Waals surface area contributed by atoms with E-state index < -0.39 is 0 Å². The van der Waals surface area contributed by atoms with E-state index >= 15 is 0 Å². The second kappa shape index (κ2) is 6.45. The lowest BCUT2D eigenvalue weighted by Gasteiger charge is -2.22. The molecule has 0 spiro atoms. The standard InChI is InChI=1S/C16H23N3O2/c1-3-20-12-14-8-18(11-16-5-4-13(2)21-16)10-15-6-7-17-19(15)9-14/h4-7,14H,3,8-12H2,1-2H3/t14-/m1/s1. The highest BCUT2D eigenvalue weighted by Gasteiger charge is 2.23. The molecule has 0 fully saturated rings. The Morgan fingerprint density at radius 2 is 2.24 bits per heavy atom. The van der Waals surface area contributed by atoms with Gasteiger partial charge in [0.1, 0.15) is 11.5 Å². The first-order valence-corrected chi connectivity index (χ1v) is 7.60. The molecule has 3 rings (SSSR count). The first-order chi connectivity index (χ1) is 10.2. The Bertz CT molecular complexity index is 576. The van der Waals surface area contributed by atoms with Crippen LogP contribution >= 0.6 is 0 Å². The zero-order valence-corrected chi connectivity index (χ0v) is 12.8. The maximum atomic E-state index is 5.72. The molecular formula is C16H23N3O2. The summed E-state index contributed by atoms with van der Waals surface area (Å²) < 4.78 is 13.5. The Labute approximate surface area is 125 Å². The normalized spacial score (nSPS) is 19.4. The van der Waals surface area contributed by atoms with Gasteiger partial charge in [-0.1, -0.05) is 0 Å². The molecule has 0 aromatic carbocycles. The molecule has 5 nitrogen and oxygen atoms in total. The fourth-order valence-electron chi connectivity index (χ4n) is 2.92. The lowest BCUT2D eigenvalue weighted by molar-refractivity contribution is 0.0825. The van der Waals surface area contributed by atoms with Crippen molar-refractivity contribution in [2.24, 2.45) is 5.92 Å². The quantitative estimate of drug-likeness (QED) is 0.848. The zero-order valence-electron chi connectivity index (χ0n) is 12.8. The summed E-state index contributed by atoms with van der Waals surface area (Å²) in [5.41, 5.74) is 1.26. The van der Waals surface area contributed by atoms with E-state index in [0.717, 1.165) is 50.9 Å². The van der Waals surface area contributed by atoms with Gasteiger partial charge in [-0.25, -0.2) is 0 Å². The number of nitrogens with zero attached hydrogens (tertiary/aromatic N) is 3. The van der Waals surface area contributed by atoms with E-state index in [4.69, 9.17) is 9.15 Å². The van der Waals surface area contributed by atoms with Crippen LogP contribution in [0.15, 0.2) is 28.8 Å². The second-order valence-corrected chi connectivity index (χ2v) is 5.71. The van der Waals surface area contributed by atoms with Crippen LogP contribution in [-0.2, 0) is 24.4 Å². The Morgan fingerprint density at radius 1 is 1.33 bits per heavy atom. The van der Waals surface area contributed by atoms with Crippen molar-refractivity contribution in [1.29, 1.82) is 0 Å². The number of furan rings is 1. The van der Waals surface area contributed by atoms with Gasteiger partial charge in [0.2, 0.25) is 0 Å². The number of ether oxygens (including phenoxy) is 1. The maximum absolute atomic E-state index is 5.72. The van der Waals surface area contributed by atoms with Crippen molar-refractivity contribution in [2.45, 2.75) is 33.5 Å². The Morgan fingerprint density at radius 3 is 3.00 bits per heavy atom. The van der Waals surface area contributed by atoms with Crippen LogP contribution in [0.1, 0.15) is 24.1 Å². The van der Waals surface area contributed by atoms with Crippen molar-refractivity contribution in [3.05, 3.63) is 41.6 Å². The Kier molecular flexibility index (Phi) is 4.41. The zero-order chi connectivity index (χ0) is 14.7. The first kappa shape index (κ1) is 14.4. The number of aromatic nitrogens is 2. The molecule has 0 aliphatic carbocycles. The predicted octanol–water partition coefficient (Wildman–Crippen LogP) is 2.45. The van der Waals surface area contributed by atoms with E-state index in [1.54, 1.807) is 0 Å². The van der Waals surface area contributed by atoms with E-state index in [-0.39, 0.29) is 0 Å². The number of hydrogen-bond donors (Lipinski definition) is 0. The summed E-state index contributed by atoms with van der Waals surface area (Å²) in [6.45, 7) is 9.24. The molecule has 114 valence electrons. The minimum absolute atomic E-state index is 0.460. The SMILES string of the molecule is CCOC[C@@H]1CN(Cc2ccc(C)o2)Cc2ccnn2C1. The predicted molar refractivity (Wildman–Crippen MR) is 79.8 cm³/mol. The lowest BCUT2D eigenvalue weighted by atomic mass is 10.1. The smallest absolute Gasteiger partial charge is 0.118 e. The highest BCUT2D eigenvalue weighted by molar-refractivity contribution is 5.07. The van der Waals surface area contributed by atoms with Crippen LogP contribution in [0.3, 0.4) is 0 Å². The van der Waals surface area contributed by atoms with E-state index in [0.29, 0.717) is 5.92 Å². The van der Waals surface area contributed by atoms with Crippen molar-refractivity contribution in [2.75, 3.05) is 19.8 Å². The molecule has 3 heterocycles. The topological polar surface area (TPSA) is 43.4 Å². The molecule has 2 aromatic heterocycles. The average Bonchev–Trinajstić information content (AvgIpc) is 3.02. The molecule has 0 bridgehead atoms. The highest BCUT2D eigenvalue weighted by Crippen LogP contribution is 2.19. The molecular weight excluding hydrogens is 266 g/mol. The van der Waals surface area contributed by atoms with Gasteiger partial charge in [-0.05, 0) is 32.0 Å². The molecule has 1 aliphatic heterocycles. The first-order valence-electron chi connectivity index (χ1n) is 7.60. The summed E-state index contributed by atoms with van der Waals surface area (Å²) in [7, 11) is 0. The number of fused-ring (bicyclic) bond motifs is 1. The van der Waals surface area contributed by atoms with Crippen LogP contribution in [0.2, 0.25) is 0 Å². The largest absolute Gasteiger partial charge is 0.465 e. The monoisotopic (exact) mass is 289 g/mol. The third kappa shape index (κ3) is 3.54. The minimum Gasteiger partial charge on any atom is -0.465 e. The molecule has 21 heavy (non-hydrogen) atoms. The molecule has 1 atom stereocenters. The number of rotatable bonds is 5. The summed E-state index contributed by atoms with van der Waals surface area (Å²) in [5.74, 6) is 2.45. The molecule has 0 amide bonds. The third-order valence-electron chi connectivity index (χ3n) is 3.87. The van der Waals surface area contributed by atoms with Gasteiger partial charge in [-0.2, -0.15) is 5.10 Å². The minimum atomic E-state index is 0.460. The summed E-state index contributed by atoms with van der Waals surface area (Å²) in [5, 5.41) is 4.43. The molecule has 5 heteroatoms. The third-order valence-corrected chi connectivity index (χ3v) is 3.87. The second-order valence-electron chi connectivity index (χ2n) is 5.71. The Balaban J connectivity index is 1.73. The van der Waals surface area contributed by atoms with Gasteiger partial charge in [0.25, 0.3) is 0 Å². The molecule has 0 N–H and O–H groups in total. The summed E-state index contributed by atoms with van der Waals surface area (Å²) in [6, 6.07) is 6.19. The van der Waals surface area contributed by atoms with Crippen molar-refractivity contribution >= 4 is 0 Å². The molecule has 1 aliphatic rings. The summed E-state index contributed by atoms with van der Waals surface area (Å²) in [6.07, 6.45) is 1.88. The van der Waals surface area contributed by atoms with Gasteiger partial charge in [0, 0.05) is 38.4 Å². The van der Waals surface area contributed by atoms with Gasteiger partial charge in [-0.15, -0.1) is 0 Å². The van der Waals surface area contributed by atoms with Crippen molar-refractivity contribution in [3.8, 4) is 0 Å². The molecule has 0 saturated carbocycles. The van der Waals surface area contributed by atoms with Gasteiger partial charge in [0.15, 0.2) is 0 Å². The van der Waals surface area contributed by atoms with E-state index in [9.17, 15) is 0 Å². The van der Waals surface area contributed by atoms with Gasteiger partial charge in [-0.3, -0.25) is 9.58 Å². The van der Waals surface area contributed by atoms with E-state index in [1.165, 1.54) is 5.69 Å². The highest BCUT2D eigenvalue weighted by atomic mass is 16.5. The molecule has 0 unspecified atom stereocenters. The van der Waals surface area contributed by atoms with Gasteiger partial charge < -0.3 is 9.15 Å². The molecule has 0 saturated heterocycles. The van der Waals surface area contributed by atoms with Crippen LogP contribution in [0.5, 0.6) is 0 Å². The summed E-state index contributed by atoms with van der Waals surface area (Å²) >= 11 is 0. The van der Waals surface area contributed by atoms with Crippen LogP contribution in [0, 0.1) is 12.8 Å². The fourth-order valence-corrected chi connectivity index (χ4v) is 2.92. The van der Waals surface area contributed by atoms with Crippen LogP contribution < -0.4 is 0 Å². The van der Waals surface area contributed by atoms with Crippen LogP contribution in [-0.4, -0.2) is 34.4 Å². The Hall–Kier alpha value is -1.59. The van der Waals surface area contributed by atoms with Crippen LogP contribution in [0.4, 0.5) is 0 Å². The molecule has 0 radical (unpaired) electrons. The number of hydrogen-bond acceptors (Lipinski definition) is 4. The van der Waals surface area contributed by atoms with Gasteiger partial charge >= 0.3 is 0 Å². The average molecular weight is 289 g/mol. The summed E-state index contributed by atoms with van der Waals surface area (Å²) in [4.78, 5) is 2.42. The van der Waals surface area contributed by atoms with Crippen molar-refractivity contribution in [1.82, 2.24) is 14.7 Å². The maximum Gasteiger partial charge on any atom is 0.118 e. The van der Waals surface area contributed by atoms with E-state index in [1.807, 2.05) is 26.1 Å². The number of aryl methyl sites for hydroxylation is 1. The molecule has 2 aromatic rings. The van der Waals surface area contributed by atoms with Crippen molar-refractivity contribution in [3.63, 3.8) is 0 Å². The van der Waals surface area contributed by atoms with E-state index in [2.05, 4.69) is 26.8 Å². The lowest BCUT2D eigenvalue weighted by Crippen LogP contribution is -2.30. The van der Waals surface area contributed by atoms with Crippen LogP contribution in [0.25, 0.3) is 0 Å².